The number of carbonyl (C=O) groups excluding carboxylic acids is 1. The van der Waals surface area contributed by atoms with Crippen LogP contribution in [0.15, 0.2) is 24.3 Å². The van der Waals surface area contributed by atoms with E-state index in [4.69, 9.17) is 5.11 Å². The molecule has 0 saturated carbocycles. The van der Waals surface area contributed by atoms with Gasteiger partial charge < -0.3 is 10.4 Å². The van der Waals surface area contributed by atoms with Gasteiger partial charge in [-0.25, -0.2) is 0 Å². The molecule has 0 spiro atoms. The van der Waals surface area contributed by atoms with Crippen LogP contribution in [-0.4, -0.2) is 41.7 Å². The quantitative estimate of drug-likeness (QED) is 0.818. The van der Waals surface area contributed by atoms with Crippen LogP contribution in [0.5, 0.6) is 0 Å². The largest absolute Gasteiger partial charge is 0.384 e. The number of aliphatic hydroxyl groups excluding tert-OH is 1. The zero-order valence-electron chi connectivity index (χ0n) is 10.7. The van der Waals surface area contributed by atoms with Crippen LogP contribution >= 0.6 is 0 Å². The fraction of sp³-hybridized carbons (Fsp3) is 0.500. The normalized spacial score (nSPS) is 17.0. The first-order valence-corrected chi connectivity index (χ1v) is 6.42. The highest BCUT2D eigenvalue weighted by Crippen LogP contribution is 2.17. The molecular weight excluding hydrogens is 228 g/mol. The minimum atomic E-state index is -0.924. The van der Waals surface area contributed by atoms with Gasteiger partial charge in [0.2, 0.25) is 5.91 Å². The standard InChI is InChI=1S/C14H20N2O2/c1-11(17)14(18)15-7-9-16-8-6-12-4-2-3-5-13(12)10-16/h2-5,11,17H,6-10H2,1H3,(H,15,18). The van der Waals surface area contributed by atoms with Crippen LogP contribution in [0.4, 0.5) is 0 Å². The van der Waals surface area contributed by atoms with Crippen LogP contribution < -0.4 is 5.32 Å². The third-order valence-electron chi connectivity index (χ3n) is 3.32. The Bertz CT molecular complexity index is 418. The van der Waals surface area contributed by atoms with Crippen molar-refractivity contribution in [3.05, 3.63) is 35.4 Å². The Hall–Kier alpha value is -1.39. The highest BCUT2D eigenvalue weighted by molar-refractivity contribution is 5.79. The van der Waals surface area contributed by atoms with Crippen LogP contribution in [0.25, 0.3) is 0 Å². The van der Waals surface area contributed by atoms with Gasteiger partial charge in [-0.1, -0.05) is 24.3 Å². The zero-order valence-corrected chi connectivity index (χ0v) is 10.7. The number of aliphatic hydroxyl groups is 1. The molecule has 18 heavy (non-hydrogen) atoms. The second-order valence-corrected chi connectivity index (χ2v) is 4.76. The van der Waals surface area contributed by atoms with Gasteiger partial charge in [0.15, 0.2) is 0 Å². The number of hydrogen-bond donors (Lipinski definition) is 2. The van der Waals surface area contributed by atoms with Gasteiger partial charge in [-0.2, -0.15) is 0 Å². The Morgan fingerprint density at radius 1 is 1.44 bits per heavy atom. The van der Waals surface area contributed by atoms with Crippen molar-refractivity contribution in [2.24, 2.45) is 0 Å². The number of amides is 1. The highest BCUT2D eigenvalue weighted by atomic mass is 16.3. The predicted molar refractivity (Wildman–Crippen MR) is 70.1 cm³/mol. The number of benzene rings is 1. The van der Waals surface area contributed by atoms with E-state index in [1.54, 1.807) is 0 Å². The van der Waals surface area contributed by atoms with E-state index < -0.39 is 6.10 Å². The minimum Gasteiger partial charge on any atom is -0.384 e. The van der Waals surface area contributed by atoms with Gasteiger partial charge in [0.05, 0.1) is 0 Å². The van der Waals surface area contributed by atoms with Gasteiger partial charge in [-0.05, 0) is 24.5 Å². The van der Waals surface area contributed by atoms with Crippen LogP contribution in [0, 0.1) is 0 Å². The molecule has 1 atom stereocenters. The lowest BCUT2D eigenvalue weighted by Crippen LogP contribution is -2.40. The maximum Gasteiger partial charge on any atom is 0.248 e. The Kier molecular flexibility index (Phi) is 4.33. The Morgan fingerprint density at radius 3 is 2.89 bits per heavy atom. The predicted octanol–water partition coefficient (Wildman–Crippen LogP) is 0.542. The molecule has 4 nitrogen and oxygen atoms in total. The molecule has 0 fully saturated rings. The van der Waals surface area contributed by atoms with Crippen molar-refractivity contribution in [2.45, 2.75) is 26.0 Å². The van der Waals surface area contributed by atoms with E-state index in [-0.39, 0.29) is 5.91 Å². The number of fused-ring (bicyclic) bond motifs is 1. The van der Waals surface area contributed by atoms with E-state index in [2.05, 4.69) is 34.5 Å². The molecule has 1 amide bonds. The molecule has 98 valence electrons. The van der Waals surface area contributed by atoms with Crippen LogP contribution in [0.2, 0.25) is 0 Å². The van der Waals surface area contributed by atoms with Crippen molar-refractivity contribution >= 4 is 5.91 Å². The van der Waals surface area contributed by atoms with Crippen molar-refractivity contribution in [3.63, 3.8) is 0 Å². The van der Waals surface area contributed by atoms with Gasteiger partial charge >= 0.3 is 0 Å². The summed E-state index contributed by atoms with van der Waals surface area (Å²) in [5, 5.41) is 11.8. The number of hydrogen-bond acceptors (Lipinski definition) is 3. The van der Waals surface area contributed by atoms with Gasteiger partial charge in [0, 0.05) is 26.2 Å². The van der Waals surface area contributed by atoms with E-state index in [1.807, 2.05) is 0 Å². The van der Waals surface area contributed by atoms with E-state index in [0.29, 0.717) is 6.54 Å². The fourth-order valence-electron chi connectivity index (χ4n) is 2.23. The molecule has 1 aliphatic heterocycles. The first kappa shape index (κ1) is 13.1. The number of rotatable bonds is 4. The molecule has 0 saturated heterocycles. The van der Waals surface area contributed by atoms with Crippen LogP contribution in [0.1, 0.15) is 18.1 Å². The summed E-state index contributed by atoms with van der Waals surface area (Å²) in [6.07, 6.45) is 0.146. The lowest BCUT2D eigenvalue weighted by Gasteiger charge is -2.28. The highest BCUT2D eigenvalue weighted by Gasteiger charge is 2.15. The Morgan fingerprint density at radius 2 is 2.17 bits per heavy atom. The summed E-state index contributed by atoms with van der Waals surface area (Å²) in [5.41, 5.74) is 2.81. The van der Waals surface area contributed by atoms with Gasteiger partial charge in [0.25, 0.3) is 0 Å². The van der Waals surface area contributed by atoms with E-state index >= 15 is 0 Å². The Labute approximate surface area is 108 Å². The van der Waals surface area contributed by atoms with E-state index in [0.717, 1.165) is 26.1 Å². The first-order valence-electron chi connectivity index (χ1n) is 6.42. The average molecular weight is 248 g/mol. The van der Waals surface area contributed by atoms with E-state index in [1.165, 1.54) is 18.1 Å². The summed E-state index contributed by atoms with van der Waals surface area (Å²) in [4.78, 5) is 13.5. The van der Waals surface area contributed by atoms with Crippen molar-refractivity contribution in [1.82, 2.24) is 10.2 Å². The maximum absolute atomic E-state index is 11.2. The second kappa shape index (κ2) is 5.98. The zero-order chi connectivity index (χ0) is 13.0. The molecule has 0 aromatic heterocycles. The monoisotopic (exact) mass is 248 g/mol. The molecule has 1 aliphatic rings. The average Bonchev–Trinajstić information content (AvgIpc) is 2.38. The lowest BCUT2D eigenvalue weighted by molar-refractivity contribution is -0.128. The third kappa shape index (κ3) is 3.31. The molecule has 1 heterocycles. The maximum atomic E-state index is 11.2. The van der Waals surface area contributed by atoms with Gasteiger partial charge in [0.1, 0.15) is 6.10 Å². The van der Waals surface area contributed by atoms with Crippen molar-refractivity contribution in [2.75, 3.05) is 19.6 Å². The molecule has 1 aromatic carbocycles. The van der Waals surface area contributed by atoms with Gasteiger partial charge in [-0.15, -0.1) is 0 Å². The molecule has 0 bridgehead atoms. The van der Waals surface area contributed by atoms with Crippen molar-refractivity contribution < 1.29 is 9.90 Å². The molecule has 1 aromatic rings. The van der Waals surface area contributed by atoms with Gasteiger partial charge in [-0.3, -0.25) is 9.69 Å². The van der Waals surface area contributed by atoms with Crippen LogP contribution in [0.3, 0.4) is 0 Å². The molecule has 4 heteroatoms. The summed E-state index contributed by atoms with van der Waals surface area (Å²) < 4.78 is 0. The summed E-state index contributed by atoms with van der Waals surface area (Å²) in [6, 6.07) is 8.49. The second-order valence-electron chi connectivity index (χ2n) is 4.76. The third-order valence-corrected chi connectivity index (χ3v) is 3.32. The lowest BCUT2D eigenvalue weighted by atomic mass is 10.00. The summed E-state index contributed by atoms with van der Waals surface area (Å²) in [5.74, 6) is -0.299. The topological polar surface area (TPSA) is 52.6 Å². The summed E-state index contributed by atoms with van der Waals surface area (Å²) in [6.45, 7) is 4.87. The van der Waals surface area contributed by atoms with Crippen molar-refractivity contribution in [3.8, 4) is 0 Å². The molecule has 1 unspecified atom stereocenters. The molecule has 2 N–H and O–H groups in total. The molecular formula is C14H20N2O2. The molecule has 2 rings (SSSR count). The molecule has 0 radical (unpaired) electrons. The summed E-state index contributed by atoms with van der Waals surface area (Å²) >= 11 is 0. The number of nitrogens with one attached hydrogen (secondary N) is 1. The smallest absolute Gasteiger partial charge is 0.248 e. The SMILES string of the molecule is CC(O)C(=O)NCCN1CCc2ccccc2C1. The fourth-order valence-corrected chi connectivity index (χ4v) is 2.23. The van der Waals surface area contributed by atoms with E-state index in [9.17, 15) is 4.79 Å². The summed E-state index contributed by atoms with van der Waals surface area (Å²) in [7, 11) is 0. The van der Waals surface area contributed by atoms with Crippen molar-refractivity contribution in [1.29, 1.82) is 0 Å². The number of nitrogens with zero attached hydrogens (tertiary/aromatic N) is 1. The minimum absolute atomic E-state index is 0.299. The first-order chi connectivity index (χ1) is 8.66. The molecule has 0 aliphatic carbocycles. The van der Waals surface area contributed by atoms with Crippen LogP contribution in [-0.2, 0) is 17.8 Å². The number of carbonyl (C=O) groups is 1. The Balaban J connectivity index is 1.78.